The monoisotopic (exact) mass is 339 g/mol. The average molecular weight is 339 g/mol. The normalized spacial score (nSPS) is 21.2. The van der Waals surface area contributed by atoms with Gasteiger partial charge in [-0.25, -0.2) is 4.39 Å². The SMILES string of the molecule is O=C(N[C@@H]1CCOc2ccccc21)C1(c2ccc(F)cc2)CCCC1. The van der Waals surface area contributed by atoms with Gasteiger partial charge in [-0.3, -0.25) is 4.79 Å². The van der Waals surface area contributed by atoms with Crippen molar-refractivity contribution in [3.63, 3.8) is 0 Å². The van der Waals surface area contributed by atoms with E-state index in [4.69, 9.17) is 4.74 Å². The molecule has 3 nitrogen and oxygen atoms in total. The molecule has 2 aromatic rings. The molecule has 0 aromatic heterocycles. The number of amides is 1. The van der Waals surface area contributed by atoms with Gasteiger partial charge >= 0.3 is 0 Å². The minimum Gasteiger partial charge on any atom is -0.493 e. The lowest BCUT2D eigenvalue weighted by Gasteiger charge is -2.33. The first-order chi connectivity index (χ1) is 12.2. The number of ether oxygens (including phenoxy) is 1. The summed E-state index contributed by atoms with van der Waals surface area (Å²) in [5.74, 6) is 0.635. The van der Waals surface area contributed by atoms with Gasteiger partial charge in [-0.15, -0.1) is 0 Å². The first-order valence-electron chi connectivity index (χ1n) is 8.98. The number of fused-ring (bicyclic) bond motifs is 1. The maximum absolute atomic E-state index is 13.3. The van der Waals surface area contributed by atoms with Crippen LogP contribution >= 0.6 is 0 Å². The van der Waals surface area contributed by atoms with Crippen molar-refractivity contribution in [2.75, 3.05) is 6.61 Å². The fourth-order valence-electron chi connectivity index (χ4n) is 4.18. The minimum absolute atomic E-state index is 0.0321. The van der Waals surface area contributed by atoms with Crippen molar-refractivity contribution in [1.29, 1.82) is 0 Å². The van der Waals surface area contributed by atoms with E-state index < -0.39 is 5.41 Å². The van der Waals surface area contributed by atoms with Crippen LogP contribution in [0.2, 0.25) is 0 Å². The molecule has 4 rings (SSSR count). The van der Waals surface area contributed by atoms with E-state index in [0.29, 0.717) is 6.61 Å². The van der Waals surface area contributed by atoms with Crippen LogP contribution in [-0.4, -0.2) is 12.5 Å². The topological polar surface area (TPSA) is 38.3 Å². The minimum atomic E-state index is -0.541. The van der Waals surface area contributed by atoms with Gasteiger partial charge in [0, 0.05) is 12.0 Å². The predicted octanol–water partition coefficient (Wildman–Crippen LogP) is 4.28. The van der Waals surface area contributed by atoms with Crippen molar-refractivity contribution in [2.45, 2.75) is 43.6 Å². The lowest BCUT2D eigenvalue weighted by Crippen LogP contribution is -2.45. The van der Waals surface area contributed by atoms with E-state index >= 15 is 0 Å². The van der Waals surface area contributed by atoms with Crippen LogP contribution in [0.15, 0.2) is 48.5 Å². The molecule has 1 N–H and O–H groups in total. The second-order valence-corrected chi connectivity index (χ2v) is 7.00. The number of nitrogens with one attached hydrogen (secondary N) is 1. The average Bonchev–Trinajstić information content (AvgIpc) is 3.14. The molecule has 1 saturated carbocycles. The van der Waals surface area contributed by atoms with Crippen molar-refractivity contribution in [2.24, 2.45) is 0 Å². The molecule has 1 fully saturated rings. The number of para-hydroxylation sites is 1. The van der Waals surface area contributed by atoms with Crippen LogP contribution in [-0.2, 0) is 10.2 Å². The zero-order chi connectivity index (χ0) is 17.3. The molecule has 1 atom stereocenters. The Morgan fingerprint density at radius 1 is 1.08 bits per heavy atom. The van der Waals surface area contributed by atoms with Crippen LogP contribution < -0.4 is 10.1 Å². The number of hydrogen-bond donors (Lipinski definition) is 1. The van der Waals surface area contributed by atoms with E-state index in [1.165, 1.54) is 12.1 Å². The van der Waals surface area contributed by atoms with Crippen molar-refractivity contribution < 1.29 is 13.9 Å². The zero-order valence-corrected chi connectivity index (χ0v) is 14.1. The Hall–Kier alpha value is -2.36. The maximum atomic E-state index is 13.3. The van der Waals surface area contributed by atoms with Gasteiger partial charge in [-0.1, -0.05) is 43.2 Å². The zero-order valence-electron chi connectivity index (χ0n) is 14.1. The molecule has 25 heavy (non-hydrogen) atoms. The third kappa shape index (κ3) is 2.90. The number of halogens is 1. The number of carbonyl (C=O) groups is 1. The fraction of sp³-hybridized carbons (Fsp3) is 0.381. The van der Waals surface area contributed by atoms with Gasteiger partial charge in [0.25, 0.3) is 0 Å². The van der Waals surface area contributed by atoms with E-state index in [1.807, 2.05) is 24.3 Å². The Kier molecular flexibility index (Phi) is 4.20. The van der Waals surface area contributed by atoms with Crippen molar-refractivity contribution >= 4 is 5.91 Å². The Morgan fingerprint density at radius 2 is 1.80 bits per heavy atom. The van der Waals surface area contributed by atoms with Crippen LogP contribution in [0, 0.1) is 5.82 Å². The summed E-state index contributed by atoms with van der Waals surface area (Å²) in [6.07, 6.45) is 4.44. The standard InChI is InChI=1S/C21H22FNO2/c22-16-9-7-15(8-10-16)21(12-3-4-13-21)20(24)23-18-11-14-25-19-6-2-1-5-17(18)19/h1-2,5-10,18H,3-4,11-14H2,(H,23,24)/t18-/m1/s1. The first kappa shape index (κ1) is 16.1. The molecule has 1 amide bonds. The molecule has 2 aromatic carbocycles. The Balaban J connectivity index is 1.62. The molecule has 130 valence electrons. The van der Waals surface area contributed by atoms with E-state index in [1.54, 1.807) is 12.1 Å². The summed E-state index contributed by atoms with van der Waals surface area (Å²) in [6.45, 7) is 0.603. The highest BCUT2D eigenvalue weighted by atomic mass is 19.1. The van der Waals surface area contributed by atoms with Gasteiger partial charge in [-0.05, 0) is 36.6 Å². The molecule has 0 spiro atoms. The maximum Gasteiger partial charge on any atom is 0.231 e. The van der Waals surface area contributed by atoms with Gasteiger partial charge in [-0.2, -0.15) is 0 Å². The third-order valence-electron chi connectivity index (χ3n) is 5.55. The Morgan fingerprint density at radius 3 is 2.56 bits per heavy atom. The molecule has 1 aliphatic heterocycles. The summed E-state index contributed by atoms with van der Waals surface area (Å²) in [4.78, 5) is 13.3. The molecular weight excluding hydrogens is 317 g/mol. The largest absolute Gasteiger partial charge is 0.493 e. The van der Waals surface area contributed by atoms with Crippen molar-refractivity contribution in [1.82, 2.24) is 5.32 Å². The number of hydrogen-bond acceptors (Lipinski definition) is 2. The molecular formula is C21H22FNO2. The van der Waals surface area contributed by atoms with Crippen LogP contribution in [0.1, 0.15) is 49.3 Å². The van der Waals surface area contributed by atoms with Gasteiger partial charge < -0.3 is 10.1 Å². The molecule has 0 saturated heterocycles. The van der Waals surface area contributed by atoms with Crippen molar-refractivity contribution in [3.8, 4) is 5.75 Å². The van der Waals surface area contributed by atoms with Crippen LogP contribution in [0.4, 0.5) is 4.39 Å². The van der Waals surface area contributed by atoms with Crippen molar-refractivity contribution in [3.05, 3.63) is 65.5 Å². The fourth-order valence-corrected chi connectivity index (χ4v) is 4.18. The quantitative estimate of drug-likeness (QED) is 0.906. The smallest absolute Gasteiger partial charge is 0.231 e. The number of carbonyl (C=O) groups excluding carboxylic acids is 1. The van der Waals surface area contributed by atoms with Gasteiger partial charge in [0.2, 0.25) is 5.91 Å². The molecule has 0 radical (unpaired) electrons. The summed E-state index contributed by atoms with van der Waals surface area (Å²) < 4.78 is 19.0. The highest BCUT2D eigenvalue weighted by Crippen LogP contribution is 2.42. The Bertz CT molecular complexity index is 766. The van der Waals surface area contributed by atoms with E-state index in [2.05, 4.69) is 5.32 Å². The van der Waals surface area contributed by atoms with Crippen LogP contribution in [0.5, 0.6) is 5.75 Å². The third-order valence-corrected chi connectivity index (χ3v) is 5.55. The highest BCUT2D eigenvalue weighted by Gasteiger charge is 2.43. The number of benzene rings is 2. The summed E-state index contributed by atoms with van der Waals surface area (Å²) >= 11 is 0. The highest BCUT2D eigenvalue weighted by molar-refractivity contribution is 5.89. The molecule has 1 aliphatic carbocycles. The second-order valence-electron chi connectivity index (χ2n) is 7.00. The van der Waals surface area contributed by atoms with E-state index in [0.717, 1.165) is 49.0 Å². The second kappa shape index (κ2) is 6.51. The van der Waals surface area contributed by atoms with Gasteiger partial charge in [0.05, 0.1) is 18.1 Å². The van der Waals surface area contributed by atoms with E-state index in [9.17, 15) is 9.18 Å². The molecule has 1 heterocycles. The van der Waals surface area contributed by atoms with Crippen LogP contribution in [0.3, 0.4) is 0 Å². The summed E-state index contributed by atoms with van der Waals surface area (Å²) in [5.41, 5.74) is 1.42. The number of rotatable bonds is 3. The molecule has 0 bridgehead atoms. The lowest BCUT2D eigenvalue weighted by molar-refractivity contribution is -0.127. The van der Waals surface area contributed by atoms with Gasteiger partial charge in [0.15, 0.2) is 0 Å². The molecule has 4 heteroatoms. The Labute approximate surface area is 147 Å². The van der Waals surface area contributed by atoms with E-state index in [-0.39, 0.29) is 17.8 Å². The summed E-state index contributed by atoms with van der Waals surface area (Å²) in [6, 6.07) is 14.3. The summed E-state index contributed by atoms with van der Waals surface area (Å²) in [5, 5.41) is 3.26. The first-order valence-corrected chi connectivity index (χ1v) is 8.98. The van der Waals surface area contributed by atoms with Gasteiger partial charge in [0.1, 0.15) is 11.6 Å². The predicted molar refractivity (Wildman–Crippen MR) is 94.0 cm³/mol. The summed E-state index contributed by atoms with van der Waals surface area (Å²) in [7, 11) is 0. The molecule has 0 unspecified atom stereocenters. The lowest BCUT2D eigenvalue weighted by atomic mass is 9.77. The molecule has 2 aliphatic rings. The van der Waals surface area contributed by atoms with Crippen LogP contribution in [0.25, 0.3) is 0 Å².